The van der Waals surface area contributed by atoms with Crippen LogP contribution in [-0.4, -0.2) is 22.9 Å². The highest BCUT2D eigenvalue weighted by molar-refractivity contribution is 7.85. The van der Waals surface area contributed by atoms with Gasteiger partial charge in [0.25, 0.3) is 0 Å². The number of benzene rings is 5. The lowest BCUT2D eigenvalue weighted by atomic mass is 9.78. The molecular weight excluding hydrogens is 536 g/mol. The maximum Gasteiger partial charge on any atom is 0.494 e. The number of rotatable bonds is 5. The third-order valence-electron chi connectivity index (χ3n) is 8.92. The smallest absolute Gasteiger partial charge is 0.399 e. The second kappa shape index (κ2) is 9.85. The van der Waals surface area contributed by atoms with Crippen molar-refractivity contribution in [2.75, 3.05) is 0 Å². The van der Waals surface area contributed by atoms with E-state index in [9.17, 15) is 0 Å². The van der Waals surface area contributed by atoms with E-state index >= 15 is 4.57 Å². The topological polar surface area (TPSA) is 40.5 Å². The summed E-state index contributed by atoms with van der Waals surface area (Å²) >= 11 is 0. The average molecular weight is 569 g/mol. The van der Waals surface area contributed by atoms with Gasteiger partial charge in [0.2, 0.25) is 0 Å². The van der Waals surface area contributed by atoms with E-state index in [0.717, 1.165) is 48.9 Å². The molecule has 1 aliphatic heterocycles. The normalized spacial score (nSPS) is 16.3. The minimum Gasteiger partial charge on any atom is -0.399 e. The standard InChI is InChI=1S/C36H33BNO3P/c1-35(2)36(3,4)41-37(40-35)26-20-22-33-31(24-26)32-25-30(21-23-34(32)38(33)27-14-8-5-9-15-27)42(39,28-16-10-6-11-17-28)29-18-12-7-13-19-29/h5-25H,1-4H3. The van der Waals surface area contributed by atoms with Gasteiger partial charge in [-0.25, -0.2) is 0 Å². The predicted octanol–water partition coefficient (Wildman–Crippen LogP) is 6.72. The van der Waals surface area contributed by atoms with Crippen LogP contribution in [0.5, 0.6) is 0 Å². The molecule has 0 N–H and O–H groups in total. The van der Waals surface area contributed by atoms with Gasteiger partial charge in [0.1, 0.15) is 0 Å². The summed E-state index contributed by atoms with van der Waals surface area (Å²) < 4.78 is 30.4. The van der Waals surface area contributed by atoms with Crippen molar-refractivity contribution in [1.82, 2.24) is 4.57 Å². The summed E-state index contributed by atoms with van der Waals surface area (Å²) in [4.78, 5) is 0. The molecule has 0 atom stereocenters. The van der Waals surface area contributed by atoms with Crippen molar-refractivity contribution in [3.8, 4) is 5.69 Å². The zero-order chi connectivity index (χ0) is 29.1. The number of nitrogens with zero attached hydrogens (tertiary/aromatic N) is 1. The van der Waals surface area contributed by atoms with E-state index < -0.39 is 25.5 Å². The summed E-state index contributed by atoms with van der Waals surface area (Å²) in [6.07, 6.45) is 0. The Bertz CT molecular complexity index is 1910. The van der Waals surface area contributed by atoms with E-state index in [1.54, 1.807) is 0 Å². The van der Waals surface area contributed by atoms with E-state index in [4.69, 9.17) is 9.31 Å². The molecule has 5 aromatic carbocycles. The highest BCUT2D eigenvalue weighted by Crippen LogP contribution is 2.44. The molecular formula is C36H33BNO3P. The summed E-state index contributed by atoms with van der Waals surface area (Å²) in [6, 6.07) is 42.8. The van der Waals surface area contributed by atoms with Crippen LogP contribution in [0.2, 0.25) is 0 Å². The number of para-hydroxylation sites is 1. The van der Waals surface area contributed by atoms with Crippen molar-refractivity contribution < 1.29 is 13.9 Å². The van der Waals surface area contributed by atoms with Gasteiger partial charge in [-0.1, -0.05) is 91.0 Å². The maximum absolute atomic E-state index is 15.2. The van der Waals surface area contributed by atoms with E-state index in [-0.39, 0.29) is 0 Å². The van der Waals surface area contributed by atoms with Crippen molar-refractivity contribution >= 4 is 57.4 Å². The van der Waals surface area contributed by atoms with Crippen molar-refractivity contribution in [1.29, 1.82) is 0 Å². The molecule has 0 spiro atoms. The molecule has 0 unspecified atom stereocenters. The Morgan fingerprint density at radius 3 is 1.60 bits per heavy atom. The zero-order valence-electron chi connectivity index (χ0n) is 24.3. The van der Waals surface area contributed by atoms with Crippen LogP contribution >= 0.6 is 7.14 Å². The minimum atomic E-state index is -3.15. The molecule has 2 heterocycles. The SMILES string of the molecule is CC1(C)OB(c2ccc3c(c2)c2cc(P(=O)(c4ccccc4)c4ccccc4)ccc2n3-c2ccccc2)OC1(C)C. The van der Waals surface area contributed by atoms with Gasteiger partial charge in [-0.2, -0.15) is 0 Å². The van der Waals surface area contributed by atoms with Gasteiger partial charge in [-0.3, -0.25) is 0 Å². The van der Waals surface area contributed by atoms with Gasteiger partial charge in [0, 0.05) is 32.4 Å². The molecule has 0 radical (unpaired) electrons. The summed E-state index contributed by atoms with van der Waals surface area (Å²) in [5, 5.41) is 4.55. The molecule has 42 heavy (non-hydrogen) atoms. The molecule has 1 saturated heterocycles. The van der Waals surface area contributed by atoms with Crippen LogP contribution in [0.4, 0.5) is 0 Å². The van der Waals surface area contributed by atoms with Crippen molar-refractivity contribution in [3.05, 3.63) is 127 Å². The van der Waals surface area contributed by atoms with Gasteiger partial charge in [-0.15, -0.1) is 0 Å². The van der Waals surface area contributed by atoms with Crippen LogP contribution in [0.1, 0.15) is 27.7 Å². The fourth-order valence-corrected chi connectivity index (χ4v) is 8.60. The van der Waals surface area contributed by atoms with Crippen molar-refractivity contribution in [2.24, 2.45) is 0 Å². The Morgan fingerprint density at radius 2 is 1.05 bits per heavy atom. The largest absolute Gasteiger partial charge is 0.494 e. The number of hydrogen-bond acceptors (Lipinski definition) is 3. The molecule has 1 fully saturated rings. The van der Waals surface area contributed by atoms with E-state index in [1.807, 2.05) is 72.8 Å². The fourth-order valence-electron chi connectivity index (χ4n) is 5.93. The van der Waals surface area contributed by atoms with Crippen LogP contribution in [-0.2, 0) is 13.9 Å². The van der Waals surface area contributed by atoms with E-state index in [1.165, 1.54) is 0 Å². The first-order chi connectivity index (χ1) is 20.2. The van der Waals surface area contributed by atoms with E-state index in [2.05, 4.69) is 86.9 Å². The summed E-state index contributed by atoms with van der Waals surface area (Å²) in [5.74, 6) is 0. The lowest BCUT2D eigenvalue weighted by Gasteiger charge is -2.32. The lowest BCUT2D eigenvalue weighted by Crippen LogP contribution is -2.41. The number of hydrogen-bond donors (Lipinski definition) is 0. The molecule has 1 aliphatic rings. The predicted molar refractivity (Wildman–Crippen MR) is 176 cm³/mol. The molecule has 6 aromatic rings. The second-order valence-corrected chi connectivity index (χ2v) is 14.8. The zero-order valence-corrected chi connectivity index (χ0v) is 25.2. The number of fused-ring (bicyclic) bond motifs is 3. The number of aromatic nitrogens is 1. The first-order valence-electron chi connectivity index (χ1n) is 14.4. The molecule has 7 rings (SSSR count). The first kappa shape index (κ1) is 27.0. The van der Waals surface area contributed by atoms with Crippen molar-refractivity contribution in [3.63, 3.8) is 0 Å². The average Bonchev–Trinajstić information content (AvgIpc) is 3.46. The molecule has 4 nitrogen and oxygen atoms in total. The molecule has 0 amide bonds. The third-order valence-corrected chi connectivity index (χ3v) is 12.0. The molecule has 208 valence electrons. The maximum atomic E-state index is 15.2. The monoisotopic (exact) mass is 569 g/mol. The molecule has 0 bridgehead atoms. The highest BCUT2D eigenvalue weighted by Gasteiger charge is 2.51. The Labute approximate surface area is 247 Å². The molecule has 0 aliphatic carbocycles. The van der Waals surface area contributed by atoms with Gasteiger partial charge >= 0.3 is 7.12 Å². The van der Waals surface area contributed by atoms with Crippen molar-refractivity contribution in [2.45, 2.75) is 38.9 Å². The van der Waals surface area contributed by atoms with Gasteiger partial charge in [0.15, 0.2) is 7.14 Å². The second-order valence-electron chi connectivity index (χ2n) is 12.0. The van der Waals surface area contributed by atoms with Crippen LogP contribution < -0.4 is 21.4 Å². The molecule has 1 aromatic heterocycles. The Balaban J connectivity index is 1.49. The summed E-state index contributed by atoms with van der Waals surface area (Å²) in [5.41, 5.74) is 3.29. The fraction of sp³-hybridized carbons (Fsp3) is 0.167. The Morgan fingerprint density at radius 1 is 0.571 bits per heavy atom. The molecule has 6 heteroatoms. The molecule has 0 saturated carbocycles. The van der Waals surface area contributed by atoms with Crippen LogP contribution in [0.3, 0.4) is 0 Å². The van der Waals surface area contributed by atoms with Gasteiger partial charge < -0.3 is 18.4 Å². The summed E-state index contributed by atoms with van der Waals surface area (Å²) in [6.45, 7) is 8.29. The highest BCUT2D eigenvalue weighted by atomic mass is 31.2. The van der Waals surface area contributed by atoms with Gasteiger partial charge in [-0.05, 0) is 69.6 Å². The van der Waals surface area contributed by atoms with Gasteiger partial charge in [0.05, 0.1) is 22.2 Å². The van der Waals surface area contributed by atoms with E-state index in [0.29, 0.717) is 0 Å². The summed E-state index contributed by atoms with van der Waals surface area (Å²) in [7, 11) is -3.62. The van der Waals surface area contributed by atoms with Crippen LogP contribution in [0.15, 0.2) is 127 Å². The first-order valence-corrected chi connectivity index (χ1v) is 16.1. The Hall–Kier alpha value is -3.89. The lowest BCUT2D eigenvalue weighted by molar-refractivity contribution is 0.00578. The third kappa shape index (κ3) is 4.19. The Kier molecular flexibility index (Phi) is 6.33. The van der Waals surface area contributed by atoms with Crippen LogP contribution in [0, 0.1) is 0 Å². The van der Waals surface area contributed by atoms with Crippen LogP contribution in [0.25, 0.3) is 27.5 Å². The quantitative estimate of drug-likeness (QED) is 0.171. The minimum absolute atomic E-state index is 0.435.